The number of hydrogen-bond acceptors (Lipinski definition) is 5. The number of aromatic nitrogens is 3. The highest BCUT2D eigenvalue weighted by Crippen LogP contribution is 2.32. The summed E-state index contributed by atoms with van der Waals surface area (Å²) in [4.78, 5) is 21.5. The quantitative estimate of drug-likeness (QED) is 0.651. The predicted molar refractivity (Wildman–Crippen MR) is 117 cm³/mol. The summed E-state index contributed by atoms with van der Waals surface area (Å²) in [5, 5.41) is 7.87. The van der Waals surface area contributed by atoms with Gasteiger partial charge in [-0.3, -0.25) is 4.79 Å². The number of halogens is 3. The van der Waals surface area contributed by atoms with Crippen molar-refractivity contribution in [1.82, 2.24) is 24.8 Å². The normalized spacial score (nSPS) is 16.9. The van der Waals surface area contributed by atoms with Crippen LogP contribution in [-0.4, -0.2) is 58.6 Å². The minimum Gasteiger partial charge on any atom is -0.354 e. The molecule has 1 N–H and O–H groups in total. The minimum atomic E-state index is -4.36. The number of fused-ring (bicyclic) bond motifs is 2. The summed E-state index contributed by atoms with van der Waals surface area (Å²) in [5.41, 5.74) is 3.05. The van der Waals surface area contributed by atoms with E-state index in [9.17, 15) is 18.0 Å². The van der Waals surface area contributed by atoms with E-state index in [0.717, 1.165) is 55.2 Å². The Balaban J connectivity index is 1.28. The first-order valence-electron chi connectivity index (χ1n) is 11.0. The summed E-state index contributed by atoms with van der Waals surface area (Å²) >= 11 is 0. The zero-order valence-electron chi connectivity index (χ0n) is 18.3. The molecule has 0 bridgehead atoms. The molecule has 0 saturated carbocycles. The molecule has 4 heterocycles. The topological polar surface area (TPSA) is 65.8 Å². The number of benzene rings is 1. The van der Waals surface area contributed by atoms with E-state index in [4.69, 9.17) is 4.98 Å². The van der Waals surface area contributed by atoms with Crippen LogP contribution in [0.4, 0.5) is 19.0 Å². The highest BCUT2D eigenvalue weighted by molar-refractivity contribution is 5.82. The van der Waals surface area contributed by atoms with Crippen molar-refractivity contribution in [2.45, 2.75) is 25.6 Å². The van der Waals surface area contributed by atoms with Crippen LogP contribution in [0.3, 0.4) is 0 Å². The van der Waals surface area contributed by atoms with Gasteiger partial charge >= 0.3 is 6.18 Å². The summed E-state index contributed by atoms with van der Waals surface area (Å²) in [5.74, 6) is 0.839. The van der Waals surface area contributed by atoms with E-state index < -0.39 is 11.7 Å². The molecule has 0 spiro atoms. The maximum atomic E-state index is 13.0. The van der Waals surface area contributed by atoms with Gasteiger partial charge < -0.3 is 15.1 Å². The maximum Gasteiger partial charge on any atom is 0.416 e. The third-order valence-electron chi connectivity index (χ3n) is 6.39. The standard InChI is InChI=1S/C23H25F3N6O/c1-30(12-15-2-4-17(5-3-15)23(24,25)26)22(33)16-13-31(14-16)21-18-6-9-27-10-7-19(18)29-20-8-11-28-32(20)21/h2-5,8,11,16,27H,6-7,9-10,12-14H2,1H3. The molecular formula is C23H25F3N6O. The van der Waals surface area contributed by atoms with E-state index in [2.05, 4.69) is 15.3 Å². The van der Waals surface area contributed by atoms with Crippen molar-refractivity contribution in [3.05, 3.63) is 58.9 Å². The second-order valence-corrected chi connectivity index (χ2v) is 8.70. The molecule has 5 rings (SSSR count). The lowest BCUT2D eigenvalue weighted by atomic mass is 9.96. The van der Waals surface area contributed by atoms with Crippen LogP contribution < -0.4 is 10.2 Å². The average Bonchev–Trinajstić information content (AvgIpc) is 3.08. The Hall–Kier alpha value is -3.14. The number of rotatable bonds is 4. The lowest BCUT2D eigenvalue weighted by Crippen LogP contribution is -2.54. The van der Waals surface area contributed by atoms with Crippen molar-refractivity contribution < 1.29 is 18.0 Å². The van der Waals surface area contributed by atoms with E-state index in [-0.39, 0.29) is 18.4 Å². The average molecular weight is 458 g/mol. The number of carbonyl (C=O) groups excluding carboxylic acids is 1. The summed E-state index contributed by atoms with van der Waals surface area (Å²) in [7, 11) is 1.69. The van der Waals surface area contributed by atoms with Gasteiger partial charge in [-0.1, -0.05) is 12.1 Å². The van der Waals surface area contributed by atoms with Crippen LogP contribution in [0.15, 0.2) is 36.5 Å². The van der Waals surface area contributed by atoms with Crippen LogP contribution in [0.5, 0.6) is 0 Å². The monoisotopic (exact) mass is 458 g/mol. The van der Waals surface area contributed by atoms with Crippen molar-refractivity contribution in [3.8, 4) is 0 Å². The van der Waals surface area contributed by atoms with Gasteiger partial charge in [0.05, 0.1) is 23.4 Å². The number of anilines is 1. The highest BCUT2D eigenvalue weighted by Gasteiger charge is 2.37. The molecule has 0 aliphatic carbocycles. The van der Waals surface area contributed by atoms with Crippen LogP contribution in [-0.2, 0) is 30.4 Å². The molecule has 1 amide bonds. The number of alkyl halides is 3. The first-order valence-corrected chi connectivity index (χ1v) is 11.0. The third-order valence-corrected chi connectivity index (χ3v) is 6.39. The molecule has 10 heteroatoms. The molecule has 2 aliphatic rings. The van der Waals surface area contributed by atoms with Gasteiger partial charge in [0.25, 0.3) is 0 Å². The molecule has 3 aromatic rings. The molecule has 0 unspecified atom stereocenters. The highest BCUT2D eigenvalue weighted by atomic mass is 19.4. The van der Waals surface area contributed by atoms with Gasteiger partial charge in [-0.05, 0) is 30.7 Å². The van der Waals surface area contributed by atoms with E-state index in [1.54, 1.807) is 18.1 Å². The SMILES string of the molecule is CN(Cc1ccc(C(F)(F)F)cc1)C(=O)C1CN(c2c3c(nc4ccnn24)CCNCC3)C1. The number of hydrogen-bond donors (Lipinski definition) is 1. The fourth-order valence-corrected chi connectivity index (χ4v) is 4.61. The van der Waals surface area contributed by atoms with Gasteiger partial charge in [0.1, 0.15) is 5.82 Å². The Morgan fingerprint density at radius 3 is 2.61 bits per heavy atom. The van der Waals surface area contributed by atoms with Crippen molar-refractivity contribution >= 4 is 17.4 Å². The number of amides is 1. The van der Waals surface area contributed by atoms with Crippen molar-refractivity contribution in [2.75, 3.05) is 38.1 Å². The minimum absolute atomic E-state index is 0.00957. The van der Waals surface area contributed by atoms with Crippen molar-refractivity contribution in [2.24, 2.45) is 5.92 Å². The number of nitrogens with zero attached hydrogens (tertiary/aromatic N) is 5. The molecule has 0 atom stereocenters. The Labute approximate surface area is 189 Å². The van der Waals surface area contributed by atoms with E-state index in [0.29, 0.717) is 18.7 Å². The Bertz CT molecular complexity index is 1170. The Kier molecular flexibility index (Phi) is 5.48. The van der Waals surface area contributed by atoms with Gasteiger partial charge in [-0.25, -0.2) is 4.98 Å². The van der Waals surface area contributed by atoms with Gasteiger partial charge in [-0.2, -0.15) is 22.8 Å². The maximum absolute atomic E-state index is 13.0. The second kappa shape index (κ2) is 8.33. The lowest BCUT2D eigenvalue weighted by Gasteiger charge is -2.42. The first kappa shape index (κ1) is 21.7. The molecule has 2 aromatic heterocycles. The Morgan fingerprint density at radius 2 is 1.88 bits per heavy atom. The molecule has 7 nitrogen and oxygen atoms in total. The first-order chi connectivity index (χ1) is 15.8. The number of nitrogens with one attached hydrogen (secondary N) is 1. The Morgan fingerprint density at radius 1 is 1.15 bits per heavy atom. The molecule has 2 aliphatic heterocycles. The zero-order valence-corrected chi connectivity index (χ0v) is 18.3. The molecule has 1 aromatic carbocycles. The summed E-state index contributed by atoms with van der Waals surface area (Å²) in [6.45, 7) is 3.19. The van der Waals surface area contributed by atoms with Crippen LogP contribution >= 0.6 is 0 Å². The number of carbonyl (C=O) groups is 1. The molecule has 1 fully saturated rings. The predicted octanol–water partition coefficient (Wildman–Crippen LogP) is 2.53. The molecular weight excluding hydrogens is 433 g/mol. The molecule has 174 valence electrons. The van der Waals surface area contributed by atoms with Crippen LogP contribution in [0.1, 0.15) is 22.4 Å². The van der Waals surface area contributed by atoms with E-state index in [1.165, 1.54) is 17.7 Å². The summed E-state index contributed by atoms with van der Waals surface area (Å²) in [6, 6.07) is 6.85. The smallest absolute Gasteiger partial charge is 0.354 e. The van der Waals surface area contributed by atoms with Crippen LogP contribution in [0, 0.1) is 5.92 Å². The van der Waals surface area contributed by atoms with Crippen molar-refractivity contribution in [3.63, 3.8) is 0 Å². The fourth-order valence-electron chi connectivity index (χ4n) is 4.61. The van der Waals surface area contributed by atoms with Gasteiger partial charge in [0, 0.05) is 51.3 Å². The van der Waals surface area contributed by atoms with Gasteiger partial charge in [0.2, 0.25) is 5.91 Å². The van der Waals surface area contributed by atoms with E-state index >= 15 is 0 Å². The van der Waals surface area contributed by atoms with Gasteiger partial charge in [0.15, 0.2) is 5.65 Å². The summed E-state index contributed by atoms with van der Waals surface area (Å²) < 4.78 is 40.2. The summed E-state index contributed by atoms with van der Waals surface area (Å²) in [6.07, 6.45) is -0.910. The van der Waals surface area contributed by atoms with E-state index in [1.807, 2.05) is 10.6 Å². The molecule has 0 radical (unpaired) electrons. The molecule has 1 saturated heterocycles. The second-order valence-electron chi connectivity index (χ2n) is 8.70. The molecule has 33 heavy (non-hydrogen) atoms. The van der Waals surface area contributed by atoms with Gasteiger partial charge in [-0.15, -0.1) is 0 Å². The third kappa shape index (κ3) is 4.15. The van der Waals surface area contributed by atoms with Crippen molar-refractivity contribution in [1.29, 1.82) is 0 Å². The zero-order chi connectivity index (χ0) is 23.2. The largest absolute Gasteiger partial charge is 0.416 e. The van der Waals surface area contributed by atoms with Crippen LogP contribution in [0.25, 0.3) is 5.65 Å². The van der Waals surface area contributed by atoms with Crippen LogP contribution in [0.2, 0.25) is 0 Å². The fraction of sp³-hybridized carbons (Fsp3) is 0.435. The lowest BCUT2D eigenvalue weighted by molar-refractivity contribution is -0.138.